The quantitative estimate of drug-likeness (QED) is 0.832. The van der Waals surface area contributed by atoms with Crippen LogP contribution in [0.1, 0.15) is 5.69 Å². The average molecular weight is 307 g/mol. The van der Waals surface area contributed by atoms with E-state index in [0.29, 0.717) is 6.07 Å². The zero-order chi connectivity index (χ0) is 14.9. The first-order valence-corrected chi connectivity index (χ1v) is 5.58. The Balaban J connectivity index is 2.42. The monoisotopic (exact) mass is 306 g/mol. The third kappa shape index (κ3) is 3.08. The van der Waals surface area contributed by atoms with E-state index in [0.717, 1.165) is 6.07 Å². The summed E-state index contributed by atoms with van der Waals surface area (Å²) in [7, 11) is 0. The largest absolute Gasteiger partial charge is 0.433 e. The lowest BCUT2D eigenvalue weighted by atomic mass is 10.3. The minimum Gasteiger partial charge on any atom is -0.368 e. The van der Waals surface area contributed by atoms with Gasteiger partial charge in [-0.3, -0.25) is 0 Å². The lowest BCUT2D eigenvalue weighted by molar-refractivity contribution is -0.141. The van der Waals surface area contributed by atoms with Crippen molar-refractivity contribution in [1.29, 1.82) is 0 Å². The zero-order valence-corrected chi connectivity index (χ0v) is 10.4. The van der Waals surface area contributed by atoms with Crippen LogP contribution in [-0.2, 0) is 6.18 Å². The van der Waals surface area contributed by atoms with Crippen LogP contribution >= 0.6 is 11.6 Å². The number of hydrogen-bond donors (Lipinski definition) is 2. The summed E-state index contributed by atoms with van der Waals surface area (Å²) in [5, 5.41) is 2.35. The molecule has 3 N–H and O–H groups in total. The third-order valence-corrected chi connectivity index (χ3v) is 2.56. The Hall–Kier alpha value is -2.09. The highest BCUT2D eigenvalue weighted by Gasteiger charge is 2.33. The summed E-state index contributed by atoms with van der Waals surface area (Å²) in [5.41, 5.74) is 3.77. The highest BCUT2D eigenvalue weighted by molar-refractivity contribution is 6.33. The number of nitrogen functional groups attached to an aromatic ring is 1. The normalized spacial score (nSPS) is 11.4. The molecule has 2 aromatic rings. The van der Waals surface area contributed by atoms with Gasteiger partial charge in [-0.2, -0.15) is 18.2 Å². The molecule has 2 rings (SSSR count). The minimum absolute atomic E-state index is 0.00394. The maximum Gasteiger partial charge on any atom is 0.433 e. The molecule has 0 saturated heterocycles. The first-order chi connectivity index (χ1) is 9.27. The molecule has 0 fully saturated rings. The molecule has 0 aliphatic rings. The number of anilines is 3. The SMILES string of the molecule is Nc1nc(Nc2c(F)cccc2Cl)cc(C(F)(F)F)n1. The van der Waals surface area contributed by atoms with Gasteiger partial charge >= 0.3 is 6.18 Å². The molecule has 0 amide bonds. The van der Waals surface area contributed by atoms with Crippen LogP contribution in [-0.4, -0.2) is 9.97 Å². The lowest BCUT2D eigenvalue weighted by Gasteiger charge is -2.11. The Kier molecular flexibility index (Phi) is 3.67. The molecule has 1 aromatic carbocycles. The molecule has 20 heavy (non-hydrogen) atoms. The summed E-state index contributed by atoms with van der Waals surface area (Å²) < 4.78 is 51.2. The molecule has 0 aliphatic carbocycles. The zero-order valence-electron chi connectivity index (χ0n) is 9.67. The number of halogens is 5. The van der Waals surface area contributed by atoms with Crippen molar-refractivity contribution in [3.63, 3.8) is 0 Å². The van der Waals surface area contributed by atoms with Crippen LogP contribution < -0.4 is 11.1 Å². The van der Waals surface area contributed by atoms with E-state index in [4.69, 9.17) is 17.3 Å². The summed E-state index contributed by atoms with van der Waals surface area (Å²) in [6, 6.07) is 4.45. The maximum absolute atomic E-state index is 13.5. The number of rotatable bonds is 2. The van der Waals surface area contributed by atoms with Gasteiger partial charge in [0.1, 0.15) is 11.6 Å². The highest BCUT2D eigenvalue weighted by atomic mass is 35.5. The molecule has 106 valence electrons. The van der Waals surface area contributed by atoms with Gasteiger partial charge in [-0.25, -0.2) is 9.37 Å². The van der Waals surface area contributed by atoms with Crippen molar-refractivity contribution in [2.75, 3.05) is 11.1 Å². The Morgan fingerprint density at radius 3 is 2.50 bits per heavy atom. The average Bonchev–Trinajstić information content (AvgIpc) is 2.32. The molecule has 1 heterocycles. The predicted molar refractivity (Wildman–Crippen MR) is 66.1 cm³/mol. The molecular formula is C11H7ClF4N4. The van der Waals surface area contributed by atoms with Gasteiger partial charge in [0.15, 0.2) is 5.69 Å². The van der Waals surface area contributed by atoms with Gasteiger partial charge in [0, 0.05) is 6.07 Å². The van der Waals surface area contributed by atoms with Crippen molar-refractivity contribution >= 4 is 29.1 Å². The van der Waals surface area contributed by atoms with Gasteiger partial charge < -0.3 is 11.1 Å². The molecular weight excluding hydrogens is 300 g/mol. The Morgan fingerprint density at radius 1 is 1.20 bits per heavy atom. The number of alkyl halides is 3. The van der Waals surface area contributed by atoms with Crippen molar-refractivity contribution in [3.8, 4) is 0 Å². The number of nitrogens with zero attached hydrogens (tertiary/aromatic N) is 2. The van der Waals surface area contributed by atoms with E-state index < -0.39 is 23.6 Å². The summed E-state index contributed by atoms with van der Waals surface area (Å²) in [4.78, 5) is 6.62. The van der Waals surface area contributed by atoms with Crippen LogP contribution in [0.25, 0.3) is 0 Å². The number of hydrogen-bond acceptors (Lipinski definition) is 4. The van der Waals surface area contributed by atoms with Gasteiger partial charge in [-0.05, 0) is 12.1 Å². The summed E-state index contributed by atoms with van der Waals surface area (Å²) in [5.74, 6) is -1.63. The first kappa shape index (κ1) is 14.3. The number of benzene rings is 1. The highest BCUT2D eigenvalue weighted by Crippen LogP contribution is 2.32. The van der Waals surface area contributed by atoms with Gasteiger partial charge in [0.2, 0.25) is 5.95 Å². The minimum atomic E-state index is -4.69. The van der Waals surface area contributed by atoms with Gasteiger partial charge in [-0.15, -0.1) is 0 Å². The van der Waals surface area contributed by atoms with Crippen LogP contribution in [0.3, 0.4) is 0 Å². The van der Waals surface area contributed by atoms with Crippen molar-refractivity contribution in [2.45, 2.75) is 6.18 Å². The van der Waals surface area contributed by atoms with E-state index in [1.165, 1.54) is 12.1 Å². The van der Waals surface area contributed by atoms with Crippen LogP contribution in [0.4, 0.5) is 35.0 Å². The predicted octanol–water partition coefficient (Wildman–Crippen LogP) is 3.61. The van der Waals surface area contributed by atoms with Crippen molar-refractivity contribution < 1.29 is 17.6 Å². The Morgan fingerprint density at radius 2 is 1.90 bits per heavy atom. The van der Waals surface area contributed by atoms with Gasteiger partial charge in [0.25, 0.3) is 0 Å². The number of para-hydroxylation sites is 1. The summed E-state index contributed by atoms with van der Waals surface area (Å²) >= 11 is 5.75. The topological polar surface area (TPSA) is 63.8 Å². The van der Waals surface area contributed by atoms with Crippen LogP contribution in [0.2, 0.25) is 5.02 Å². The fourth-order valence-electron chi connectivity index (χ4n) is 1.42. The van der Waals surface area contributed by atoms with E-state index >= 15 is 0 Å². The molecule has 0 atom stereocenters. The van der Waals surface area contributed by atoms with E-state index in [-0.39, 0.29) is 16.5 Å². The Bertz CT molecular complexity index is 625. The second-order valence-corrected chi connectivity index (χ2v) is 4.12. The van der Waals surface area contributed by atoms with Gasteiger partial charge in [-0.1, -0.05) is 17.7 Å². The van der Waals surface area contributed by atoms with Crippen molar-refractivity contribution in [2.24, 2.45) is 0 Å². The second-order valence-electron chi connectivity index (χ2n) is 3.72. The molecule has 1 aromatic heterocycles. The third-order valence-electron chi connectivity index (χ3n) is 2.25. The fraction of sp³-hybridized carbons (Fsp3) is 0.0909. The maximum atomic E-state index is 13.5. The molecule has 0 bridgehead atoms. The van der Waals surface area contributed by atoms with E-state index in [1.54, 1.807) is 0 Å². The first-order valence-electron chi connectivity index (χ1n) is 5.20. The fourth-order valence-corrected chi connectivity index (χ4v) is 1.63. The van der Waals surface area contributed by atoms with Crippen LogP contribution in [0.5, 0.6) is 0 Å². The molecule has 9 heteroatoms. The number of nitrogens with one attached hydrogen (secondary N) is 1. The van der Waals surface area contributed by atoms with Crippen molar-refractivity contribution in [1.82, 2.24) is 9.97 Å². The lowest BCUT2D eigenvalue weighted by Crippen LogP contribution is -2.12. The molecule has 0 unspecified atom stereocenters. The second kappa shape index (κ2) is 5.12. The van der Waals surface area contributed by atoms with E-state index in [9.17, 15) is 17.6 Å². The molecule has 0 spiro atoms. The summed E-state index contributed by atoms with van der Waals surface area (Å²) in [6.45, 7) is 0. The van der Waals surface area contributed by atoms with E-state index in [1.807, 2.05) is 0 Å². The summed E-state index contributed by atoms with van der Waals surface area (Å²) in [6.07, 6.45) is -4.69. The van der Waals surface area contributed by atoms with Crippen LogP contribution in [0, 0.1) is 5.82 Å². The molecule has 0 saturated carbocycles. The standard InChI is InChI=1S/C11H7ClF4N4/c12-5-2-1-3-6(13)9(5)19-8-4-7(11(14,15)16)18-10(17)20-8/h1-4H,(H3,17,18,19,20). The molecule has 0 radical (unpaired) electrons. The van der Waals surface area contributed by atoms with Gasteiger partial charge in [0.05, 0.1) is 10.7 Å². The number of nitrogens with two attached hydrogens (primary N) is 1. The van der Waals surface area contributed by atoms with Crippen LogP contribution in [0.15, 0.2) is 24.3 Å². The number of aromatic nitrogens is 2. The molecule has 0 aliphatic heterocycles. The van der Waals surface area contributed by atoms with Crippen molar-refractivity contribution in [3.05, 3.63) is 40.8 Å². The molecule has 4 nitrogen and oxygen atoms in total. The van der Waals surface area contributed by atoms with E-state index in [2.05, 4.69) is 15.3 Å². The Labute approximate surface area is 115 Å². The smallest absolute Gasteiger partial charge is 0.368 e.